The van der Waals surface area contributed by atoms with Crippen molar-refractivity contribution in [1.29, 1.82) is 0 Å². The summed E-state index contributed by atoms with van der Waals surface area (Å²) in [6.45, 7) is 9.52. The van der Waals surface area contributed by atoms with Gasteiger partial charge in [-0.2, -0.15) is 5.10 Å². The summed E-state index contributed by atoms with van der Waals surface area (Å²) < 4.78 is 1.81. The summed E-state index contributed by atoms with van der Waals surface area (Å²) >= 11 is 6.30. The number of nitrogens with zero attached hydrogens (tertiary/aromatic N) is 3. The standard InChI is InChI=1S/C21H24ClN5O2/c1-11(2)19-9-15(16-10-23-27(12(3)4)20(16)25-19)21(29)26-18-7-6-14(8-17(18)22)24-13(5)28/h6-12H,1-5H3,(H,24,28)(H,26,29). The molecule has 0 saturated heterocycles. The van der Waals surface area contributed by atoms with Crippen molar-refractivity contribution in [2.24, 2.45) is 0 Å². The Morgan fingerprint density at radius 2 is 1.83 bits per heavy atom. The molecule has 3 aromatic rings. The molecule has 2 amide bonds. The number of nitrogens with one attached hydrogen (secondary N) is 2. The molecule has 2 heterocycles. The average molecular weight is 414 g/mol. The number of anilines is 2. The third-order valence-electron chi connectivity index (χ3n) is 4.45. The number of fused-ring (bicyclic) bond motifs is 1. The molecule has 152 valence electrons. The van der Waals surface area contributed by atoms with Crippen molar-refractivity contribution in [3.63, 3.8) is 0 Å². The molecule has 0 aliphatic carbocycles. The molecular formula is C21H24ClN5O2. The van der Waals surface area contributed by atoms with Gasteiger partial charge in [0.15, 0.2) is 5.65 Å². The average Bonchev–Trinajstić information content (AvgIpc) is 3.06. The van der Waals surface area contributed by atoms with Gasteiger partial charge in [-0.1, -0.05) is 25.4 Å². The molecule has 29 heavy (non-hydrogen) atoms. The lowest BCUT2D eigenvalue weighted by molar-refractivity contribution is -0.114. The summed E-state index contributed by atoms with van der Waals surface area (Å²) in [5, 5.41) is 10.9. The molecule has 0 fully saturated rings. The first-order valence-corrected chi connectivity index (χ1v) is 9.81. The fourth-order valence-corrected chi connectivity index (χ4v) is 3.21. The van der Waals surface area contributed by atoms with E-state index in [9.17, 15) is 9.59 Å². The van der Waals surface area contributed by atoms with Crippen LogP contribution in [0.5, 0.6) is 0 Å². The Labute approximate surface area is 174 Å². The molecule has 0 unspecified atom stereocenters. The van der Waals surface area contributed by atoms with E-state index in [-0.39, 0.29) is 23.8 Å². The minimum atomic E-state index is -0.295. The van der Waals surface area contributed by atoms with Crippen LogP contribution in [-0.2, 0) is 4.79 Å². The van der Waals surface area contributed by atoms with E-state index in [1.54, 1.807) is 30.5 Å². The molecule has 2 aromatic heterocycles. The van der Waals surface area contributed by atoms with Crippen molar-refractivity contribution in [1.82, 2.24) is 14.8 Å². The van der Waals surface area contributed by atoms with E-state index < -0.39 is 0 Å². The quantitative estimate of drug-likeness (QED) is 0.616. The number of carbonyl (C=O) groups is 2. The van der Waals surface area contributed by atoms with Crippen LogP contribution in [-0.4, -0.2) is 26.6 Å². The van der Waals surface area contributed by atoms with Gasteiger partial charge >= 0.3 is 0 Å². The molecule has 0 spiro atoms. The van der Waals surface area contributed by atoms with Gasteiger partial charge in [-0.15, -0.1) is 0 Å². The van der Waals surface area contributed by atoms with Gasteiger partial charge in [0.05, 0.1) is 27.9 Å². The van der Waals surface area contributed by atoms with Crippen LogP contribution in [0.4, 0.5) is 11.4 Å². The molecule has 7 nitrogen and oxygen atoms in total. The monoisotopic (exact) mass is 413 g/mol. The fraction of sp³-hybridized carbons (Fsp3) is 0.333. The van der Waals surface area contributed by atoms with E-state index in [2.05, 4.69) is 15.7 Å². The predicted octanol–water partition coefficient (Wildman–Crippen LogP) is 5.00. The normalized spacial score (nSPS) is 11.3. The summed E-state index contributed by atoms with van der Waals surface area (Å²) in [7, 11) is 0. The van der Waals surface area contributed by atoms with Crippen LogP contribution < -0.4 is 10.6 Å². The number of halogens is 1. The number of aromatic nitrogens is 3. The summed E-state index contributed by atoms with van der Waals surface area (Å²) in [6, 6.07) is 6.85. The molecule has 3 rings (SSSR count). The minimum Gasteiger partial charge on any atom is -0.326 e. The molecule has 0 bridgehead atoms. The summed E-state index contributed by atoms with van der Waals surface area (Å²) in [6.07, 6.45) is 1.67. The maximum absolute atomic E-state index is 13.1. The molecule has 2 N–H and O–H groups in total. The van der Waals surface area contributed by atoms with Crippen molar-refractivity contribution < 1.29 is 9.59 Å². The van der Waals surface area contributed by atoms with Gasteiger partial charge in [0, 0.05) is 24.3 Å². The Bertz CT molecular complexity index is 1090. The maximum Gasteiger partial charge on any atom is 0.256 e. The van der Waals surface area contributed by atoms with Crippen LogP contribution >= 0.6 is 11.6 Å². The Hall–Kier alpha value is -2.93. The number of amides is 2. The fourth-order valence-electron chi connectivity index (χ4n) is 2.99. The predicted molar refractivity (Wildman–Crippen MR) is 116 cm³/mol. The summed E-state index contributed by atoms with van der Waals surface area (Å²) in [4.78, 5) is 29.0. The zero-order valence-corrected chi connectivity index (χ0v) is 17.8. The summed E-state index contributed by atoms with van der Waals surface area (Å²) in [5.74, 6) is -0.334. The highest BCUT2D eigenvalue weighted by Gasteiger charge is 2.19. The SMILES string of the molecule is CC(=O)Nc1ccc(NC(=O)c2cc(C(C)C)nc3c2cnn3C(C)C)c(Cl)c1. The van der Waals surface area contributed by atoms with Gasteiger partial charge in [-0.3, -0.25) is 9.59 Å². The third-order valence-corrected chi connectivity index (χ3v) is 4.76. The van der Waals surface area contributed by atoms with E-state index in [1.807, 2.05) is 32.4 Å². The van der Waals surface area contributed by atoms with Gasteiger partial charge in [0.25, 0.3) is 5.91 Å². The van der Waals surface area contributed by atoms with Crippen LogP contribution in [0.2, 0.25) is 5.02 Å². The van der Waals surface area contributed by atoms with Crippen molar-refractivity contribution in [2.75, 3.05) is 10.6 Å². The van der Waals surface area contributed by atoms with E-state index >= 15 is 0 Å². The first-order chi connectivity index (χ1) is 13.7. The molecular weight excluding hydrogens is 390 g/mol. The van der Waals surface area contributed by atoms with E-state index in [1.165, 1.54) is 6.92 Å². The van der Waals surface area contributed by atoms with Crippen molar-refractivity contribution in [2.45, 2.75) is 46.6 Å². The van der Waals surface area contributed by atoms with Crippen LogP contribution in [0.3, 0.4) is 0 Å². The van der Waals surface area contributed by atoms with Crippen molar-refractivity contribution in [3.05, 3.63) is 46.7 Å². The van der Waals surface area contributed by atoms with Crippen molar-refractivity contribution >= 4 is 45.8 Å². The highest BCUT2D eigenvalue weighted by Crippen LogP contribution is 2.28. The van der Waals surface area contributed by atoms with E-state index in [4.69, 9.17) is 16.6 Å². The Balaban J connectivity index is 2.00. The number of hydrogen-bond donors (Lipinski definition) is 2. The maximum atomic E-state index is 13.1. The minimum absolute atomic E-state index is 0.120. The van der Waals surface area contributed by atoms with Crippen molar-refractivity contribution in [3.8, 4) is 0 Å². The van der Waals surface area contributed by atoms with Crippen LogP contribution in [0.1, 0.15) is 62.6 Å². The lowest BCUT2D eigenvalue weighted by atomic mass is 10.0. The number of rotatable bonds is 5. The zero-order chi connectivity index (χ0) is 21.3. The Morgan fingerprint density at radius 3 is 2.41 bits per heavy atom. The molecule has 1 aromatic carbocycles. The van der Waals surface area contributed by atoms with Crippen LogP contribution in [0.15, 0.2) is 30.5 Å². The number of hydrogen-bond acceptors (Lipinski definition) is 4. The molecule has 0 saturated carbocycles. The van der Waals surface area contributed by atoms with Gasteiger partial charge in [0.2, 0.25) is 5.91 Å². The second kappa shape index (κ2) is 8.21. The number of pyridine rings is 1. The molecule has 8 heteroatoms. The highest BCUT2D eigenvalue weighted by molar-refractivity contribution is 6.34. The van der Waals surface area contributed by atoms with Gasteiger partial charge in [0.1, 0.15) is 0 Å². The van der Waals surface area contributed by atoms with E-state index in [0.717, 1.165) is 5.69 Å². The highest BCUT2D eigenvalue weighted by atomic mass is 35.5. The Morgan fingerprint density at radius 1 is 1.10 bits per heavy atom. The molecule has 0 radical (unpaired) electrons. The lowest BCUT2D eigenvalue weighted by Gasteiger charge is -2.13. The van der Waals surface area contributed by atoms with Gasteiger partial charge < -0.3 is 10.6 Å². The number of carbonyl (C=O) groups excluding carboxylic acids is 2. The third kappa shape index (κ3) is 4.40. The molecule has 0 aliphatic rings. The topological polar surface area (TPSA) is 88.9 Å². The molecule has 0 atom stereocenters. The Kier molecular flexibility index (Phi) is 5.88. The van der Waals surface area contributed by atoms with Gasteiger partial charge in [-0.25, -0.2) is 9.67 Å². The second-order valence-electron chi connectivity index (χ2n) is 7.50. The summed E-state index contributed by atoms with van der Waals surface area (Å²) in [5.41, 5.74) is 3.01. The lowest BCUT2D eigenvalue weighted by Crippen LogP contribution is -2.15. The molecule has 0 aliphatic heterocycles. The van der Waals surface area contributed by atoms with Gasteiger partial charge in [-0.05, 0) is 44.0 Å². The first kappa shape index (κ1) is 20.8. The number of benzene rings is 1. The second-order valence-corrected chi connectivity index (χ2v) is 7.91. The zero-order valence-electron chi connectivity index (χ0n) is 17.1. The van der Waals surface area contributed by atoms with E-state index in [0.29, 0.717) is 33.0 Å². The van der Waals surface area contributed by atoms with Crippen LogP contribution in [0, 0.1) is 0 Å². The van der Waals surface area contributed by atoms with Crippen LogP contribution in [0.25, 0.3) is 11.0 Å². The smallest absolute Gasteiger partial charge is 0.256 e. The first-order valence-electron chi connectivity index (χ1n) is 9.44. The largest absolute Gasteiger partial charge is 0.326 e.